The van der Waals surface area contributed by atoms with Crippen molar-refractivity contribution in [3.63, 3.8) is 0 Å². The van der Waals surface area contributed by atoms with Crippen LogP contribution < -0.4 is 25.8 Å². The molecule has 2 aromatic carbocycles. The quantitative estimate of drug-likeness (QED) is 0.269. The average Bonchev–Trinajstić information content (AvgIpc) is 3.46. The number of carbonyl (C=O) groups is 5. The Morgan fingerprint density at radius 3 is 2.41 bits per heavy atom. The second-order valence-electron chi connectivity index (χ2n) is 15.8. The lowest BCUT2D eigenvalue weighted by Crippen LogP contribution is -2.61. The number of para-hydroxylation sites is 1. The molecular weight excluding hydrogens is 717 g/mol. The van der Waals surface area contributed by atoms with E-state index < -0.39 is 29.7 Å². The number of phenolic OH excluding ortho intramolecular Hbond substituents is 1. The molecule has 4 saturated heterocycles. The van der Waals surface area contributed by atoms with Crippen LogP contribution in [0.1, 0.15) is 59.2 Å². The summed E-state index contributed by atoms with van der Waals surface area (Å²) < 4.78 is 0. The molecule has 0 aliphatic carbocycles. The van der Waals surface area contributed by atoms with Gasteiger partial charge in [0.15, 0.2) is 5.82 Å². The molecule has 1 aromatic heterocycles. The number of aromatic nitrogens is 2. The van der Waals surface area contributed by atoms with Crippen molar-refractivity contribution in [2.24, 2.45) is 5.92 Å². The Morgan fingerprint density at radius 1 is 0.839 bits per heavy atom. The van der Waals surface area contributed by atoms with E-state index in [1.54, 1.807) is 24.3 Å². The maximum absolute atomic E-state index is 13.5. The average molecular weight is 763 g/mol. The molecule has 6 aliphatic heterocycles. The molecular formula is C40H46N10O6. The van der Waals surface area contributed by atoms with Crippen molar-refractivity contribution < 1.29 is 29.1 Å². The number of hydrogen-bond acceptors (Lipinski definition) is 12. The number of nitrogens with zero attached hydrogens (tertiary/aromatic N) is 7. The minimum Gasteiger partial charge on any atom is -0.507 e. The summed E-state index contributed by atoms with van der Waals surface area (Å²) in [5.41, 5.74) is 3.67. The van der Waals surface area contributed by atoms with E-state index in [-0.39, 0.29) is 36.7 Å². The number of carbonyl (C=O) groups excluding carboxylic acids is 5. The van der Waals surface area contributed by atoms with Gasteiger partial charge in [0, 0.05) is 82.6 Å². The predicted molar refractivity (Wildman–Crippen MR) is 206 cm³/mol. The summed E-state index contributed by atoms with van der Waals surface area (Å²) in [6.45, 7) is 7.13. The number of anilines is 3. The van der Waals surface area contributed by atoms with Crippen molar-refractivity contribution in [1.29, 1.82) is 0 Å². The Labute approximate surface area is 324 Å². The molecule has 292 valence electrons. The van der Waals surface area contributed by atoms with Gasteiger partial charge in [-0.2, -0.15) is 0 Å². The normalized spacial score (nSPS) is 23.4. The van der Waals surface area contributed by atoms with Gasteiger partial charge in [0.25, 0.3) is 11.8 Å². The molecule has 0 bridgehead atoms. The van der Waals surface area contributed by atoms with Gasteiger partial charge in [-0.3, -0.25) is 29.4 Å². The molecule has 3 aromatic rings. The lowest BCUT2D eigenvalue weighted by molar-refractivity contribution is -0.136. The summed E-state index contributed by atoms with van der Waals surface area (Å²) >= 11 is 0. The highest BCUT2D eigenvalue weighted by molar-refractivity contribution is 6.23. The summed E-state index contributed by atoms with van der Waals surface area (Å²) in [6.07, 6.45) is 4.07. The fourth-order valence-corrected chi connectivity index (χ4v) is 9.21. The van der Waals surface area contributed by atoms with Crippen molar-refractivity contribution in [2.75, 3.05) is 74.0 Å². The zero-order valence-electron chi connectivity index (χ0n) is 31.2. The fourth-order valence-electron chi connectivity index (χ4n) is 9.21. The lowest BCUT2D eigenvalue weighted by atomic mass is 9.94. The third kappa shape index (κ3) is 6.75. The highest BCUT2D eigenvalue weighted by Crippen LogP contribution is 2.37. The van der Waals surface area contributed by atoms with E-state index >= 15 is 0 Å². The number of hydrogen-bond donors (Lipinski definition) is 4. The van der Waals surface area contributed by atoms with Crippen LogP contribution in [0.3, 0.4) is 0 Å². The lowest BCUT2D eigenvalue weighted by Gasteiger charge is -2.46. The zero-order valence-corrected chi connectivity index (χ0v) is 31.2. The second-order valence-corrected chi connectivity index (χ2v) is 15.8. The van der Waals surface area contributed by atoms with Gasteiger partial charge in [0.2, 0.25) is 11.8 Å². The number of imide groups is 2. The molecule has 56 heavy (non-hydrogen) atoms. The number of urea groups is 1. The summed E-state index contributed by atoms with van der Waals surface area (Å²) in [4.78, 5) is 74.0. The van der Waals surface area contributed by atoms with Crippen molar-refractivity contribution in [3.05, 3.63) is 59.7 Å². The van der Waals surface area contributed by atoms with Gasteiger partial charge in [0.05, 0.1) is 28.6 Å². The largest absolute Gasteiger partial charge is 0.507 e. The van der Waals surface area contributed by atoms with Crippen molar-refractivity contribution in [3.8, 4) is 17.0 Å². The van der Waals surface area contributed by atoms with Crippen LogP contribution in [0.5, 0.6) is 5.75 Å². The second kappa shape index (κ2) is 14.7. The van der Waals surface area contributed by atoms with Crippen LogP contribution in [-0.4, -0.2) is 137 Å². The van der Waals surface area contributed by atoms with Crippen LogP contribution in [0.25, 0.3) is 11.3 Å². The first-order valence-electron chi connectivity index (χ1n) is 19.7. The SMILES string of the molecule is O=C1CCC(N2C(=O)c3ccc(N4CCC(CN5CCC(NC(=O)N6CCN7c8cc(-c9ccccc9O)nnc8NC[C@H]7C6)CC5)CC4)cc3C2=O)C(=O)N1. The number of likely N-dealkylation sites (tertiary alicyclic amines) is 1. The molecule has 16 heteroatoms. The zero-order chi connectivity index (χ0) is 38.5. The van der Waals surface area contributed by atoms with Crippen LogP contribution in [0.4, 0.5) is 22.0 Å². The molecule has 0 radical (unpaired) electrons. The Hall–Kier alpha value is -5.77. The number of phenols is 1. The number of fused-ring (bicyclic) bond motifs is 4. The van der Waals surface area contributed by atoms with Gasteiger partial charge in [-0.15, -0.1) is 10.2 Å². The number of piperazine rings is 1. The smallest absolute Gasteiger partial charge is 0.317 e. The van der Waals surface area contributed by atoms with Crippen molar-refractivity contribution >= 4 is 46.9 Å². The number of benzene rings is 2. The molecule has 9 rings (SSSR count). The molecule has 2 atom stereocenters. The summed E-state index contributed by atoms with van der Waals surface area (Å²) in [7, 11) is 0. The summed E-state index contributed by atoms with van der Waals surface area (Å²) in [5, 5.41) is 28.0. The van der Waals surface area contributed by atoms with E-state index in [4.69, 9.17) is 0 Å². The third-order valence-electron chi connectivity index (χ3n) is 12.4. The molecule has 7 heterocycles. The Balaban J connectivity index is 0.725. The van der Waals surface area contributed by atoms with Crippen molar-refractivity contribution in [2.45, 2.75) is 56.7 Å². The first kappa shape index (κ1) is 35.9. The topological polar surface area (TPSA) is 184 Å². The highest BCUT2D eigenvalue weighted by atomic mass is 16.3. The van der Waals surface area contributed by atoms with Gasteiger partial charge in [-0.05, 0) is 74.4 Å². The Bertz CT molecular complexity index is 2080. The monoisotopic (exact) mass is 762 g/mol. The van der Waals surface area contributed by atoms with E-state index in [9.17, 15) is 29.1 Å². The van der Waals surface area contributed by atoms with E-state index in [1.807, 2.05) is 29.2 Å². The van der Waals surface area contributed by atoms with E-state index in [0.717, 1.165) is 74.7 Å². The minimum atomic E-state index is -0.972. The molecule has 16 nitrogen and oxygen atoms in total. The standard InChI is InChI=1S/C40H46N10O6/c51-34-4-2-1-3-29(34)31-20-33-36(45-44-31)41-21-27-23-48(17-18-49(27)33)40(56)42-25-11-13-46(14-12-25)22-24-9-15-47(16-10-24)26-5-6-28-30(19-26)39(55)50(38(28)54)32-7-8-35(52)43-37(32)53/h1-6,19-20,24-25,27,32,51H,7-18,21-23H2,(H,41,45)(H,42,56)(H,43,52,53)/t27-,32?/m0/s1. The maximum Gasteiger partial charge on any atom is 0.317 e. The molecule has 6 aliphatic rings. The van der Waals surface area contributed by atoms with Crippen LogP contribution in [0.2, 0.25) is 0 Å². The van der Waals surface area contributed by atoms with Crippen LogP contribution in [-0.2, 0) is 9.59 Å². The minimum absolute atomic E-state index is 0.00896. The van der Waals surface area contributed by atoms with Gasteiger partial charge in [-0.25, -0.2) is 4.79 Å². The Morgan fingerprint density at radius 2 is 1.62 bits per heavy atom. The van der Waals surface area contributed by atoms with Crippen molar-refractivity contribution in [1.82, 2.24) is 35.5 Å². The number of nitrogens with one attached hydrogen (secondary N) is 3. The predicted octanol–water partition coefficient (Wildman–Crippen LogP) is 2.26. The Kier molecular flexibility index (Phi) is 9.43. The van der Waals surface area contributed by atoms with Crippen LogP contribution in [0.15, 0.2) is 48.5 Å². The van der Waals surface area contributed by atoms with Gasteiger partial charge in [0.1, 0.15) is 11.8 Å². The molecule has 6 amide bonds. The van der Waals surface area contributed by atoms with E-state index in [1.165, 1.54) is 0 Å². The van der Waals surface area contributed by atoms with Gasteiger partial charge < -0.3 is 35.3 Å². The van der Waals surface area contributed by atoms with Gasteiger partial charge >= 0.3 is 6.03 Å². The van der Waals surface area contributed by atoms with Crippen LogP contribution in [0, 0.1) is 5.92 Å². The van der Waals surface area contributed by atoms with Crippen LogP contribution >= 0.6 is 0 Å². The molecule has 1 unspecified atom stereocenters. The van der Waals surface area contributed by atoms with E-state index in [2.05, 4.69) is 40.8 Å². The number of amides is 6. The molecule has 4 fully saturated rings. The van der Waals surface area contributed by atoms with E-state index in [0.29, 0.717) is 60.3 Å². The van der Waals surface area contributed by atoms with Gasteiger partial charge in [-0.1, -0.05) is 12.1 Å². The molecule has 0 spiro atoms. The number of aromatic hydroxyl groups is 1. The summed E-state index contributed by atoms with van der Waals surface area (Å²) in [6, 6.07) is 13.7. The summed E-state index contributed by atoms with van der Waals surface area (Å²) in [5.74, 6) is -0.550. The third-order valence-corrected chi connectivity index (χ3v) is 12.4. The highest BCUT2D eigenvalue weighted by Gasteiger charge is 2.45. The fraction of sp³-hybridized carbons (Fsp3) is 0.475. The first-order chi connectivity index (χ1) is 27.2. The first-order valence-corrected chi connectivity index (χ1v) is 19.7. The number of piperidine rings is 3. The molecule has 0 saturated carbocycles. The maximum atomic E-state index is 13.5. The number of rotatable bonds is 6. The molecule has 4 N–H and O–H groups in total.